The first-order valence-corrected chi connectivity index (χ1v) is 7.88. The van der Waals surface area contributed by atoms with E-state index in [1.807, 2.05) is 11.8 Å². The van der Waals surface area contributed by atoms with E-state index in [0.717, 1.165) is 0 Å². The maximum atomic E-state index is 12.3. The van der Waals surface area contributed by atoms with Crippen LogP contribution in [0.15, 0.2) is 29.3 Å². The van der Waals surface area contributed by atoms with E-state index in [1.54, 1.807) is 18.2 Å². The van der Waals surface area contributed by atoms with Crippen LogP contribution >= 0.6 is 0 Å². The van der Waals surface area contributed by atoms with E-state index in [-0.39, 0.29) is 18.4 Å². The fourth-order valence-corrected chi connectivity index (χ4v) is 2.45. The van der Waals surface area contributed by atoms with Crippen molar-refractivity contribution in [1.29, 1.82) is 0 Å². The van der Waals surface area contributed by atoms with E-state index < -0.39 is 12.8 Å². The number of rotatable bonds is 5. The van der Waals surface area contributed by atoms with Crippen molar-refractivity contribution in [3.8, 4) is 5.75 Å². The zero-order valence-corrected chi connectivity index (χ0v) is 13.5. The average molecular weight is 345 g/mol. The second-order valence-corrected chi connectivity index (χ2v) is 5.57. The molecule has 1 aliphatic rings. The lowest BCUT2D eigenvalue weighted by atomic mass is 10.2. The van der Waals surface area contributed by atoms with Crippen LogP contribution < -0.4 is 10.1 Å². The summed E-state index contributed by atoms with van der Waals surface area (Å²) >= 11 is 0. The Morgan fingerprint density at radius 2 is 2.17 bits per heavy atom. The molecule has 1 aromatic carbocycles. The molecule has 1 atom stereocenters. The van der Waals surface area contributed by atoms with Gasteiger partial charge in [-0.05, 0) is 19.4 Å². The Labute approximate surface area is 139 Å². The highest BCUT2D eigenvalue weighted by Gasteiger charge is 2.28. The maximum Gasteiger partial charge on any atom is 0.422 e. The molecule has 0 saturated carbocycles. The zero-order chi connectivity index (χ0) is 17.6. The smallest absolute Gasteiger partial charge is 0.422 e. The Balaban J connectivity index is 2.07. The lowest BCUT2D eigenvalue weighted by molar-refractivity contribution is -0.153. The highest BCUT2D eigenvalue weighted by molar-refractivity contribution is 5.80. The summed E-state index contributed by atoms with van der Waals surface area (Å²) in [6.45, 7) is 2.66. The van der Waals surface area contributed by atoms with Gasteiger partial charge in [0.1, 0.15) is 5.75 Å². The molecule has 0 unspecified atom stereocenters. The second kappa shape index (κ2) is 8.23. The van der Waals surface area contributed by atoms with Gasteiger partial charge in [-0.1, -0.05) is 18.2 Å². The molecule has 0 aromatic heterocycles. The molecule has 0 aliphatic carbocycles. The van der Waals surface area contributed by atoms with Crippen molar-refractivity contribution in [3.63, 3.8) is 0 Å². The van der Waals surface area contributed by atoms with Gasteiger partial charge in [0.05, 0.1) is 12.6 Å². The minimum absolute atomic E-state index is 0.177. The first kappa shape index (κ1) is 18.4. The highest BCUT2D eigenvalue weighted by atomic mass is 19.4. The highest BCUT2D eigenvalue weighted by Crippen LogP contribution is 2.23. The van der Waals surface area contributed by atoms with Crippen LogP contribution in [0.2, 0.25) is 0 Å². The molecular weight excluding hydrogens is 323 g/mol. The molecule has 0 spiro atoms. The normalized spacial score (nSPS) is 18.8. The quantitative estimate of drug-likeness (QED) is 0.634. The third-order valence-electron chi connectivity index (χ3n) is 3.56. The Bertz CT molecular complexity index is 564. The van der Waals surface area contributed by atoms with Gasteiger partial charge in [0.25, 0.3) is 0 Å². The van der Waals surface area contributed by atoms with Gasteiger partial charge in [0, 0.05) is 25.2 Å². The molecule has 8 heteroatoms. The molecule has 1 heterocycles. The minimum Gasteiger partial charge on any atom is -0.484 e. The molecule has 0 radical (unpaired) electrons. The Morgan fingerprint density at radius 3 is 2.79 bits per heavy atom. The van der Waals surface area contributed by atoms with Gasteiger partial charge < -0.3 is 20.1 Å². The van der Waals surface area contributed by atoms with Crippen molar-refractivity contribution < 1.29 is 23.0 Å². The fraction of sp³-hybridized carbons (Fsp3) is 0.562. The number of guanidine groups is 1. The Hall–Kier alpha value is -1.96. The summed E-state index contributed by atoms with van der Waals surface area (Å²) in [6, 6.07) is 6.56. The molecule has 134 valence electrons. The van der Waals surface area contributed by atoms with Crippen molar-refractivity contribution >= 4 is 5.96 Å². The average Bonchev–Trinajstić information content (AvgIpc) is 2.96. The van der Waals surface area contributed by atoms with E-state index in [2.05, 4.69) is 10.3 Å². The van der Waals surface area contributed by atoms with Gasteiger partial charge >= 0.3 is 6.18 Å². The van der Waals surface area contributed by atoms with Crippen molar-refractivity contribution in [2.45, 2.75) is 32.2 Å². The number of aliphatic imine (C=N–C) groups is 1. The summed E-state index contributed by atoms with van der Waals surface area (Å²) in [6.07, 6.45) is -4.08. The Kier molecular flexibility index (Phi) is 6.30. The van der Waals surface area contributed by atoms with Crippen molar-refractivity contribution in [2.75, 3.05) is 26.2 Å². The number of nitrogens with zero attached hydrogens (tertiary/aromatic N) is 2. The van der Waals surface area contributed by atoms with Gasteiger partial charge in [0.2, 0.25) is 0 Å². The molecule has 1 aliphatic heterocycles. The van der Waals surface area contributed by atoms with E-state index >= 15 is 0 Å². The van der Waals surface area contributed by atoms with Gasteiger partial charge in [0.15, 0.2) is 12.6 Å². The molecule has 1 saturated heterocycles. The first-order chi connectivity index (χ1) is 11.4. The predicted molar refractivity (Wildman–Crippen MR) is 85.0 cm³/mol. The molecule has 0 bridgehead atoms. The number of aliphatic hydroxyl groups is 1. The van der Waals surface area contributed by atoms with E-state index in [1.165, 1.54) is 6.07 Å². The molecule has 0 amide bonds. The van der Waals surface area contributed by atoms with Gasteiger partial charge in [-0.2, -0.15) is 13.2 Å². The number of likely N-dealkylation sites (tertiary alicyclic amines) is 1. The van der Waals surface area contributed by atoms with Gasteiger partial charge in [-0.25, -0.2) is 4.99 Å². The fourth-order valence-electron chi connectivity index (χ4n) is 2.45. The number of β-amino-alcohol motifs (C(OH)–C–C–N with tert-alkyl or cyclic N) is 1. The Morgan fingerprint density at radius 1 is 1.42 bits per heavy atom. The van der Waals surface area contributed by atoms with Crippen LogP contribution in [0.5, 0.6) is 5.75 Å². The van der Waals surface area contributed by atoms with E-state index in [4.69, 9.17) is 4.74 Å². The number of alkyl halides is 3. The van der Waals surface area contributed by atoms with Crippen LogP contribution in [0.1, 0.15) is 18.9 Å². The van der Waals surface area contributed by atoms with Gasteiger partial charge in [-0.3, -0.25) is 0 Å². The topological polar surface area (TPSA) is 57.1 Å². The van der Waals surface area contributed by atoms with Gasteiger partial charge in [-0.15, -0.1) is 0 Å². The largest absolute Gasteiger partial charge is 0.484 e. The summed E-state index contributed by atoms with van der Waals surface area (Å²) in [5.74, 6) is 0.815. The van der Waals surface area contributed by atoms with Crippen LogP contribution in [-0.2, 0) is 6.54 Å². The summed E-state index contributed by atoms with van der Waals surface area (Å²) in [5.41, 5.74) is 0.580. The molecule has 1 aromatic rings. The minimum atomic E-state index is -4.38. The molecule has 1 fully saturated rings. The van der Waals surface area contributed by atoms with Crippen molar-refractivity contribution in [1.82, 2.24) is 10.2 Å². The summed E-state index contributed by atoms with van der Waals surface area (Å²) in [4.78, 5) is 6.40. The number of halogens is 3. The lowest BCUT2D eigenvalue weighted by Crippen LogP contribution is -2.40. The zero-order valence-electron chi connectivity index (χ0n) is 13.5. The van der Waals surface area contributed by atoms with Crippen molar-refractivity contribution in [3.05, 3.63) is 29.8 Å². The van der Waals surface area contributed by atoms with Crippen LogP contribution in [0.4, 0.5) is 13.2 Å². The number of hydrogen-bond donors (Lipinski definition) is 2. The standard InChI is InChI=1S/C16H22F3N3O2/c1-2-20-15(22-8-7-13(23)10-22)21-9-12-5-3-4-6-14(12)24-11-16(17,18)19/h3-6,13,23H,2,7-11H2,1H3,(H,20,21)/t13-/m1/s1. The number of hydrogen-bond acceptors (Lipinski definition) is 3. The third-order valence-corrected chi connectivity index (χ3v) is 3.56. The number of aliphatic hydroxyl groups excluding tert-OH is 1. The van der Waals surface area contributed by atoms with Crippen LogP contribution in [-0.4, -0.2) is 54.5 Å². The predicted octanol–water partition coefficient (Wildman–Crippen LogP) is 2.16. The van der Waals surface area contributed by atoms with E-state index in [9.17, 15) is 18.3 Å². The number of benzene rings is 1. The number of ether oxygens (including phenoxy) is 1. The van der Waals surface area contributed by atoms with E-state index in [0.29, 0.717) is 37.6 Å². The van der Waals surface area contributed by atoms with Crippen LogP contribution in [0.25, 0.3) is 0 Å². The van der Waals surface area contributed by atoms with Crippen molar-refractivity contribution in [2.24, 2.45) is 4.99 Å². The molecule has 2 rings (SSSR count). The number of nitrogens with one attached hydrogen (secondary N) is 1. The maximum absolute atomic E-state index is 12.3. The van der Waals surface area contributed by atoms with Crippen LogP contribution in [0, 0.1) is 0 Å². The molecule has 5 nitrogen and oxygen atoms in total. The molecular formula is C16H22F3N3O2. The number of para-hydroxylation sites is 1. The summed E-state index contributed by atoms with van der Waals surface area (Å²) in [7, 11) is 0. The second-order valence-electron chi connectivity index (χ2n) is 5.57. The molecule has 24 heavy (non-hydrogen) atoms. The van der Waals surface area contributed by atoms with Crippen LogP contribution in [0.3, 0.4) is 0 Å². The third kappa shape index (κ3) is 5.59. The molecule has 2 N–H and O–H groups in total. The monoisotopic (exact) mass is 345 g/mol. The SMILES string of the molecule is CCNC(=NCc1ccccc1OCC(F)(F)F)N1CC[C@@H](O)C1. The first-order valence-electron chi connectivity index (χ1n) is 7.88. The summed E-state index contributed by atoms with van der Waals surface area (Å²) in [5, 5.41) is 12.8. The summed E-state index contributed by atoms with van der Waals surface area (Å²) < 4.78 is 41.9. The lowest BCUT2D eigenvalue weighted by Gasteiger charge is -2.21.